The maximum Gasteiger partial charge on any atom is 0.237 e. The van der Waals surface area contributed by atoms with Gasteiger partial charge in [0.05, 0.1) is 5.54 Å². The summed E-state index contributed by atoms with van der Waals surface area (Å²) >= 11 is 6.05. The highest BCUT2D eigenvalue weighted by atomic mass is 35.5. The maximum atomic E-state index is 11.2. The number of nitrogens with one attached hydrogen (secondary N) is 1. The molecule has 1 heterocycles. The molecule has 0 radical (unpaired) electrons. The number of para-hydroxylation sites is 1. The molecule has 0 aliphatic carbocycles. The van der Waals surface area contributed by atoms with E-state index in [1.807, 2.05) is 24.3 Å². The Labute approximate surface area is 110 Å². The molecule has 3 N–H and O–H groups in total. The second kappa shape index (κ2) is 4.63. The molecule has 0 atom stereocenters. The van der Waals surface area contributed by atoms with E-state index < -0.39 is 11.4 Å². The van der Waals surface area contributed by atoms with E-state index in [-0.39, 0.29) is 0 Å². The number of benzene rings is 1. The van der Waals surface area contributed by atoms with E-state index in [0.717, 1.165) is 16.5 Å². The van der Waals surface area contributed by atoms with Gasteiger partial charge in [0.1, 0.15) is 5.58 Å². The maximum absolute atomic E-state index is 11.2. The lowest BCUT2D eigenvalue weighted by Gasteiger charge is -2.22. The predicted octanol–water partition coefficient (Wildman–Crippen LogP) is 2.44. The number of furan rings is 1. The van der Waals surface area contributed by atoms with Gasteiger partial charge in [-0.05, 0) is 31.5 Å². The zero-order valence-corrected chi connectivity index (χ0v) is 11.0. The molecule has 1 amide bonds. The number of carbonyl (C=O) groups is 1. The summed E-state index contributed by atoms with van der Waals surface area (Å²) in [6.45, 7) is 3.88. The lowest BCUT2D eigenvalue weighted by molar-refractivity contribution is -0.123. The summed E-state index contributed by atoms with van der Waals surface area (Å²) in [6.07, 6.45) is 0. The molecule has 0 aliphatic heterocycles. The van der Waals surface area contributed by atoms with Crippen LogP contribution in [0, 0.1) is 0 Å². The van der Waals surface area contributed by atoms with Crippen molar-refractivity contribution < 1.29 is 9.21 Å². The fourth-order valence-electron chi connectivity index (χ4n) is 1.63. The van der Waals surface area contributed by atoms with E-state index in [9.17, 15) is 4.79 Å². The van der Waals surface area contributed by atoms with Crippen LogP contribution in [0.15, 0.2) is 28.7 Å². The zero-order chi connectivity index (χ0) is 13.3. The molecule has 0 unspecified atom stereocenters. The number of amides is 1. The average Bonchev–Trinajstić information content (AvgIpc) is 2.62. The average molecular weight is 267 g/mol. The molecular formula is C13H15ClN2O2. The lowest BCUT2D eigenvalue weighted by Crippen LogP contribution is -2.50. The van der Waals surface area contributed by atoms with Crippen LogP contribution in [0.25, 0.3) is 11.0 Å². The topological polar surface area (TPSA) is 68.3 Å². The number of carbonyl (C=O) groups excluding carboxylic acids is 1. The highest BCUT2D eigenvalue weighted by Gasteiger charge is 2.25. The molecule has 2 rings (SSSR count). The molecule has 1 aromatic carbocycles. The van der Waals surface area contributed by atoms with Gasteiger partial charge in [0.2, 0.25) is 5.91 Å². The molecule has 2 aromatic rings. The molecule has 0 saturated carbocycles. The van der Waals surface area contributed by atoms with E-state index in [0.29, 0.717) is 11.8 Å². The normalized spacial score (nSPS) is 11.9. The van der Waals surface area contributed by atoms with E-state index in [4.69, 9.17) is 21.8 Å². The molecule has 18 heavy (non-hydrogen) atoms. The Morgan fingerprint density at radius 2 is 2.11 bits per heavy atom. The number of hydrogen-bond donors (Lipinski definition) is 2. The van der Waals surface area contributed by atoms with Crippen LogP contribution >= 0.6 is 11.6 Å². The Balaban J connectivity index is 2.27. The third-order valence-corrected chi connectivity index (χ3v) is 3.28. The van der Waals surface area contributed by atoms with Crippen molar-refractivity contribution in [2.45, 2.75) is 25.9 Å². The van der Waals surface area contributed by atoms with Crippen LogP contribution in [0.1, 0.15) is 19.4 Å². The van der Waals surface area contributed by atoms with Gasteiger partial charge in [0.15, 0.2) is 5.22 Å². The van der Waals surface area contributed by atoms with Crippen molar-refractivity contribution in [1.82, 2.24) is 5.32 Å². The molecule has 0 saturated heterocycles. The molecule has 96 valence electrons. The Bertz CT molecular complexity index is 590. The predicted molar refractivity (Wildman–Crippen MR) is 71.3 cm³/mol. The first-order valence-electron chi connectivity index (χ1n) is 5.62. The lowest BCUT2D eigenvalue weighted by atomic mass is 10.0. The zero-order valence-electron chi connectivity index (χ0n) is 10.3. The minimum Gasteiger partial charge on any atom is -0.444 e. The van der Waals surface area contributed by atoms with Crippen molar-refractivity contribution in [3.05, 3.63) is 35.0 Å². The van der Waals surface area contributed by atoms with E-state index in [1.54, 1.807) is 13.8 Å². The fraction of sp³-hybridized carbons (Fsp3) is 0.308. The Hall–Kier alpha value is -1.52. The fourth-order valence-corrected chi connectivity index (χ4v) is 1.88. The third kappa shape index (κ3) is 2.35. The van der Waals surface area contributed by atoms with Crippen LogP contribution in [0.5, 0.6) is 0 Å². The summed E-state index contributed by atoms with van der Waals surface area (Å²) in [5.74, 6) is -0.411. The van der Waals surface area contributed by atoms with Crippen molar-refractivity contribution >= 4 is 28.5 Å². The molecule has 4 nitrogen and oxygen atoms in total. The Kier molecular flexibility index (Phi) is 3.32. The van der Waals surface area contributed by atoms with E-state index >= 15 is 0 Å². The van der Waals surface area contributed by atoms with Gasteiger partial charge >= 0.3 is 0 Å². The van der Waals surface area contributed by atoms with Crippen molar-refractivity contribution in [3.8, 4) is 0 Å². The highest BCUT2D eigenvalue weighted by Crippen LogP contribution is 2.29. The second-order valence-corrected chi connectivity index (χ2v) is 5.04. The van der Waals surface area contributed by atoms with Gasteiger partial charge in [0.25, 0.3) is 0 Å². The van der Waals surface area contributed by atoms with Crippen LogP contribution in [0.4, 0.5) is 0 Å². The summed E-state index contributed by atoms with van der Waals surface area (Å²) in [6, 6.07) is 7.58. The minimum absolute atomic E-state index is 0.337. The Morgan fingerprint density at radius 1 is 1.44 bits per heavy atom. The third-order valence-electron chi connectivity index (χ3n) is 2.97. The van der Waals surface area contributed by atoms with Gasteiger partial charge in [-0.3, -0.25) is 10.1 Å². The van der Waals surface area contributed by atoms with Gasteiger partial charge in [-0.2, -0.15) is 0 Å². The minimum atomic E-state index is -0.790. The van der Waals surface area contributed by atoms with Crippen LogP contribution < -0.4 is 11.1 Å². The molecule has 0 spiro atoms. The standard InChI is InChI=1S/C13H15ClN2O2/c1-13(2,12(15)17)16-7-9-8-5-3-4-6-10(8)18-11(9)14/h3-6,16H,7H2,1-2H3,(H2,15,17). The number of nitrogens with two attached hydrogens (primary N) is 1. The van der Waals surface area contributed by atoms with Gasteiger partial charge in [-0.1, -0.05) is 18.2 Å². The first-order valence-corrected chi connectivity index (χ1v) is 6.00. The quantitative estimate of drug-likeness (QED) is 0.893. The molecule has 0 fully saturated rings. The molecule has 1 aromatic heterocycles. The van der Waals surface area contributed by atoms with Crippen LogP contribution in [0.3, 0.4) is 0 Å². The van der Waals surface area contributed by atoms with Crippen molar-refractivity contribution in [1.29, 1.82) is 0 Å². The van der Waals surface area contributed by atoms with Gasteiger partial charge in [-0.25, -0.2) is 0 Å². The SMILES string of the molecule is CC(C)(NCc1c(Cl)oc2ccccc12)C(N)=O. The molecule has 0 bridgehead atoms. The summed E-state index contributed by atoms with van der Waals surface area (Å²) in [7, 11) is 0. The Morgan fingerprint density at radius 3 is 2.78 bits per heavy atom. The van der Waals surface area contributed by atoms with E-state index in [2.05, 4.69) is 5.32 Å². The number of primary amides is 1. The molecule has 0 aliphatic rings. The molecular weight excluding hydrogens is 252 g/mol. The first-order chi connectivity index (χ1) is 8.42. The van der Waals surface area contributed by atoms with Gasteiger partial charge in [0, 0.05) is 17.5 Å². The van der Waals surface area contributed by atoms with Crippen LogP contribution in [0.2, 0.25) is 5.22 Å². The first kappa shape index (κ1) is 12.9. The highest BCUT2D eigenvalue weighted by molar-refractivity contribution is 6.30. The smallest absolute Gasteiger partial charge is 0.237 e. The largest absolute Gasteiger partial charge is 0.444 e. The summed E-state index contributed by atoms with van der Waals surface area (Å²) in [4.78, 5) is 11.2. The summed E-state index contributed by atoms with van der Waals surface area (Å²) < 4.78 is 5.43. The van der Waals surface area contributed by atoms with Crippen molar-refractivity contribution in [2.24, 2.45) is 5.73 Å². The number of rotatable bonds is 4. The van der Waals surface area contributed by atoms with Crippen molar-refractivity contribution in [2.75, 3.05) is 0 Å². The summed E-state index contributed by atoms with van der Waals surface area (Å²) in [5.41, 5.74) is 6.08. The van der Waals surface area contributed by atoms with Gasteiger partial charge in [-0.15, -0.1) is 0 Å². The number of halogens is 1. The van der Waals surface area contributed by atoms with Gasteiger partial charge < -0.3 is 10.2 Å². The van der Waals surface area contributed by atoms with Crippen LogP contribution in [-0.4, -0.2) is 11.4 Å². The monoisotopic (exact) mass is 266 g/mol. The summed E-state index contributed by atoms with van der Waals surface area (Å²) in [5, 5.41) is 4.35. The molecule has 5 heteroatoms. The van der Waals surface area contributed by atoms with E-state index in [1.165, 1.54) is 0 Å². The second-order valence-electron chi connectivity index (χ2n) is 4.69. The van der Waals surface area contributed by atoms with Crippen LogP contribution in [-0.2, 0) is 11.3 Å². The van der Waals surface area contributed by atoms with Crippen molar-refractivity contribution in [3.63, 3.8) is 0 Å². The number of fused-ring (bicyclic) bond motifs is 1. The number of hydrogen-bond acceptors (Lipinski definition) is 3.